The molecule has 22 heavy (non-hydrogen) atoms. The molecule has 0 aliphatic rings. The predicted octanol–water partition coefficient (Wildman–Crippen LogP) is 3.46. The van der Waals surface area contributed by atoms with Gasteiger partial charge in [-0.05, 0) is 22.9 Å². The lowest BCUT2D eigenvalue weighted by molar-refractivity contribution is -0.119. The molecule has 0 spiro atoms. The van der Waals surface area contributed by atoms with Gasteiger partial charge in [-0.25, -0.2) is 5.43 Å². The summed E-state index contributed by atoms with van der Waals surface area (Å²) in [6, 6.07) is 17.9. The third-order valence-corrected chi connectivity index (χ3v) is 3.96. The zero-order valence-electron chi connectivity index (χ0n) is 11.8. The molecule has 0 bridgehead atoms. The quantitative estimate of drug-likeness (QED) is 0.560. The number of nitrogens with one attached hydrogen (secondary N) is 2. The number of rotatable bonds is 5. The van der Waals surface area contributed by atoms with Crippen molar-refractivity contribution in [2.45, 2.75) is 0 Å². The third kappa shape index (κ3) is 3.51. The number of amides is 1. The first-order valence-electron chi connectivity index (χ1n) is 6.90. The highest BCUT2D eigenvalue weighted by Crippen LogP contribution is 2.22. The van der Waals surface area contributed by atoms with Gasteiger partial charge in [-0.3, -0.25) is 4.79 Å². The Hall–Kier alpha value is -2.66. The van der Waals surface area contributed by atoms with Gasteiger partial charge in [0.05, 0.1) is 12.8 Å². The van der Waals surface area contributed by atoms with E-state index in [1.807, 2.05) is 60.0 Å². The molecule has 5 heteroatoms. The number of nitrogens with zero attached hydrogens (tertiary/aromatic N) is 1. The molecule has 0 radical (unpaired) electrons. The summed E-state index contributed by atoms with van der Waals surface area (Å²) in [6.45, 7) is 0.176. The van der Waals surface area contributed by atoms with E-state index in [0.29, 0.717) is 0 Å². The van der Waals surface area contributed by atoms with Crippen molar-refractivity contribution in [2.75, 3.05) is 11.9 Å². The molecule has 1 heterocycles. The first kappa shape index (κ1) is 14.3. The summed E-state index contributed by atoms with van der Waals surface area (Å²) in [6.07, 6.45) is 1.64. The molecule has 0 aliphatic heterocycles. The molecule has 1 amide bonds. The number of anilines is 1. The number of hydrogen-bond donors (Lipinski definition) is 2. The fraction of sp³-hybridized carbons (Fsp3) is 0.0588. The van der Waals surface area contributed by atoms with Crippen LogP contribution in [0.4, 0.5) is 5.69 Å². The number of hydrogen-bond acceptors (Lipinski definition) is 4. The fourth-order valence-electron chi connectivity index (χ4n) is 2.13. The van der Waals surface area contributed by atoms with Crippen molar-refractivity contribution in [3.05, 3.63) is 64.9 Å². The van der Waals surface area contributed by atoms with E-state index in [-0.39, 0.29) is 12.5 Å². The standard InChI is InChI=1S/C17H15N3OS/c21-17(20-19-11-14-7-4-10-22-14)12-18-16-9-3-6-13-5-1-2-8-15(13)16/h1-11,18H,12H2,(H,20,21)/b19-11+. The van der Waals surface area contributed by atoms with Crippen molar-refractivity contribution < 1.29 is 4.79 Å². The highest BCUT2D eigenvalue weighted by Gasteiger charge is 2.02. The molecule has 3 aromatic rings. The minimum absolute atomic E-state index is 0.176. The zero-order valence-corrected chi connectivity index (χ0v) is 12.6. The molecule has 0 unspecified atom stereocenters. The molecule has 4 nitrogen and oxygen atoms in total. The van der Waals surface area contributed by atoms with Gasteiger partial charge < -0.3 is 5.32 Å². The van der Waals surface area contributed by atoms with E-state index >= 15 is 0 Å². The van der Waals surface area contributed by atoms with E-state index in [0.717, 1.165) is 21.3 Å². The Balaban J connectivity index is 1.58. The second-order valence-corrected chi connectivity index (χ2v) is 5.67. The number of thiophene rings is 1. The molecule has 2 N–H and O–H groups in total. The lowest BCUT2D eigenvalue weighted by Gasteiger charge is -2.08. The predicted molar refractivity (Wildman–Crippen MR) is 92.5 cm³/mol. The molecule has 0 atom stereocenters. The van der Waals surface area contributed by atoms with Crippen LogP contribution in [0.25, 0.3) is 10.8 Å². The van der Waals surface area contributed by atoms with Crippen molar-refractivity contribution in [1.29, 1.82) is 0 Å². The van der Waals surface area contributed by atoms with Crippen molar-refractivity contribution in [1.82, 2.24) is 5.43 Å². The Morgan fingerprint density at radius 3 is 2.82 bits per heavy atom. The SMILES string of the molecule is O=C(CNc1cccc2ccccc12)N/N=C/c1cccs1. The summed E-state index contributed by atoms with van der Waals surface area (Å²) < 4.78 is 0. The van der Waals surface area contributed by atoms with E-state index in [9.17, 15) is 4.79 Å². The Morgan fingerprint density at radius 2 is 1.95 bits per heavy atom. The lowest BCUT2D eigenvalue weighted by atomic mass is 10.1. The normalized spacial score (nSPS) is 10.9. The summed E-state index contributed by atoms with van der Waals surface area (Å²) in [5.41, 5.74) is 3.45. The Labute approximate surface area is 132 Å². The van der Waals surface area contributed by atoms with Crippen LogP contribution >= 0.6 is 11.3 Å². The smallest absolute Gasteiger partial charge is 0.259 e. The summed E-state index contributed by atoms with van der Waals surface area (Å²) in [4.78, 5) is 12.8. The van der Waals surface area contributed by atoms with Crippen LogP contribution in [-0.2, 0) is 4.79 Å². The zero-order chi connectivity index (χ0) is 15.2. The molecular weight excluding hydrogens is 294 g/mol. The number of hydrazone groups is 1. The van der Waals surface area contributed by atoms with Crippen molar-refractivity contribution >= 4 is 39.9 Å². The van der Waals surface area contributed by atoms with E-state index in [2.05, 4.69) is 15.8 Å². The van der Waals surface area contributed by atoms with Gasteiger partial charge in [-0.1, -0.05) is 42.5 Å². The maximum absolute atomic E-state index is 11.8. The summed E-state index contributed by atoms with van der Waals surface area (Å²) in [5.74, 6) is -0.180. The van der Waals surface area contributed by atoms with Crippen LogP contribution < -0.4 is 10.7 Å². The number of benzene rings is 2. The molecular formula is C17H15N3OS. The molecule has 110 valence electrons. The molecule has 2 aromatic carbocycles. The van der Waals surface area contributed by atoms with Gasteiger partial charge in [0.15, 0.2) is 0 Å². The summed E-state index contributed by atoms with van der Waals surface area (Å²) in [5, 5.41) is 11.3. The summed E-state index contributed by atoms with van der Waals surface area (Å²) in [7, 11) is 0. The average Bonchev–Trinajstić information content (AvgIpc) is 3.06. The summed E-state index contributed by atoms with van der Waals surface area (Å²) >= 11 is 1.57. The second-order valence-electron chi connectivity index (χ2n) is 4.69. The highest BCUT2D eigenvalue weighted by molar-refractivity contribution is 7.11. The van der Waals surface area contributed by atoms with Gasteiger partial charge in [0, 0.05) is 16.0 Å². The number of carbonyl (C=O) groups is 1. The molecule has 1 aromatic heterocycles. The van der Waals surface area contributed by atoms with E-state index < -0.39 is 0 Å². The Kier molecular flexibility index (Phi) is 4.46. The van der Waals surface area contributed by atoms with E-state index in [1.165, 1.54) is 0 Å². The van der Waals surface area contributed by atoms with Crippen LogP contribution in [0.3, 0.4) is 0 Å². The fourth-order valence-corrected chi connectivity index (χ4v) is 2.71. The van der Waals surface area contributed by atoms with Crippen LogP contribution in [0, 0.1) is 0 Å². The third-order valence-electron chi connectivity index (χ3n) is 3.15. The molecule has 0 saturated carbocycles. The van der Waals surface area contributed by atoms with Gasteiger partial charge in [0.2, 0.25) is 0 Å². The minimum Gasteiger partial charge on any atom is -0.376 e. The van der Waals surface area contributed by atoms with Crippen LogP contribution in [-0.4, -0.2) is 18.7 Å². The monoisotopic (exact) mass is 309 g/mol. The maximum Gasteiger partial charge on any atom is 0.259 e. The Morgan fingerprint density at radius 1 is 1.09 bits per heavy atom. The van der Waals surface area contributed by atoms with Gasteiger partial charge in [0.25, 0.3) is 5.91 Å². The van der Waals surface area contributed by atoms with E-state index in [1.54, 1.807) is 17.6 Å². The maximum atomic E-state index is 11.8. The lowest BCUT2D eigenvalue weighted by Crippen LogP contribution is -2.25. The van der Waals surface area contributed by atoms with Crippen molar-refractivity contribution in [3.63, 3.8) is 0 Å². The minimum atomic E-state index is -0.180. The van der Waals surface area contributed by atoms with E-state index in [4.69, 9.17) is 0 Å². The van der Waals surface area contributed by atoms with Crippen LogP contribution in [0.2, 0.25) is 0 Å². The largest absolute Gasteiger partial charge is 0.376 e. The topological polar surface area (TPSA) is 53.5 Å². The second kappa shape index (κ2) is 6.87. The first-order chi connectivity index (χ1) is 10.8. The highest BCUT2D eigenvalue weighted by atomic mass is 32.1. The van der Waals surface area contributed by atoms with Gasteiger partial charge >= 0.3 is 0 Å². The number of carbonyl (C=O) groups excluding carboxylic acids is 1. The van der Waals surface area contributed by atoms with Crippen LogP contribution in [0.5, 0.6) is 0 Å². The average molecular weight is 309 g/mol. The molecule has 0 saturated heterocycles. The molecule has 0 fully saturated rings. The molecule has 0 aliphatic carbocycles. The molecule has 3 rings (SSSR count). The van der Waals surface area contributed by atoms with Gasteiger partial charge in [-0.2, -0.15) is 5.10 Å². The van der Waals surface area contributed by atoms with Crippen LogP contribution in [0.15, 0.2) is 65.1 Å². The van der Waals surface area contributed by atoms with Crippen molar-refractivity contribution in [2.24, 2.45) is 5.10 Å². The van der Waals surface area contributed by atoms with Crippen LogP contribution in [0.1, 0.15) is 4.88 Å². The van der Waals surface area contributed by atoms with Gasteiger partial charge in [0.1, 0.15) is 0 Å². The number of fused-ring (bicyclic) bond motifs is 1. The van der Waals surface area contributed by atoms with Crippen molar-refractivity contribution in [3.8, 4) is 0 Å². The first-order valence-corrected chi connectivity index (χ1v) is 7.78. The Bertz CT molecular complexity index is 791. The van der Waals surface area contributed by atoms with Gasteiger partial charge in [-0.15, -0.1) is 11.3 Å².